The quantitative estimate of drug-likeness (QED) is 0.847. The minimum absolute atomic E-state index is 0.000278. The fraction of sp³-hybridized carbons (Fsp3) is 0.364. The summed E-state index contributed by atoms with van der Waals surface area (Å²) in [5.41, 5.74) is 0.461. The van der Waals surface area contributed by atoms with Gasteiger partial charge in [-0.25, -0.2) is 0 Å². The Balaban J connectivity index is 3.29. The van der Waals surface area contributed by atoms with E-state index in [-0.39, 0.29) is 6.10 Å². The third kappa shape index (κ3) is 2.63. The maximum absolute atomic E-state index is 9.02. The second kappa shape index (κ2) is 5.04. The lowest BCUT2D eigenvalue weighted by atomic mass is 10.2. The number of halogens is 1. The zero-order chi connectivity index (χ0) is 11.4. The van der Waals surface area contributed by atoms with Gasteiger partial charge in [0.05, 0.1) is 13.2 Å². The van der Waals surface area contributed by atoms with Gasteiger partial charge in [-0.1, -0.05) is 0 Å². The lowest BCUT2D eigenvalue weighted by Gasteiger charge is -2.15. The van der Waals surface area contributed by atoms with Crippen molar-refractivity contribution in [2.24, 2.45) is 0 Å². The SMILES string of the molecule is COc1ccc(Br)c(C#N)c1OC(C)C. The number of methoxy groups -OCH3 is 1. The van der Waals surface area contributed by atoms with Crippen LogP contribution >= 0.6 is 15.9 Å². The molecule has 0 spiro atoms. The molecule has 0 aromatic heterocycles. The highest BCUT2D eigenvalue weighted by molar-refractivity contribution is 9.10. The highest BCUT2D eigenvalue weighted by Crippen LogP contribution is 2.36. The lowest BCUT2D eigenvalue weighted by molar-refractivity contribution is 0.229. The van der Waals surface area contributed by atoms with Crippen LogP contribution in [-0.2, 0) is 0 Å². The van der Waals surface area contributed by atoms with Crippen molar-refractivity contribution in [2.45, 2.75) is 20.0 Å². The maximum atomic E-state index is 9.02. The predicted octanol–water partition coefficient (Wildman–Crippen LogP) is 3.12. The van der Waals surface area contributed by atoms with E-state index in [2.05, 4.69) is 22.0 Å². The Labute approximate surface area is 97.7 Å². The molecule has 1 rings (SSSR count). The number of rotatable bonds is 3. The molecule has 0 atom stereocenters. The Morgan fingerprint density at radius 3 is 2.53 bits per heavy atom. The van der Waals surface area contributed by atoms with E-state index in [1.54, 1.807) is 19.2 Å². The fourth-order valence-corrected chi connectivity index (χ4v) is 1.56. The van der Waals surface area contributed by atoms with Crippen LogP contribution in [0.25, 0.3) is 0 Å². The minimum Gasteiger partial charge on any atom is -0.493 e. The molecule has 0 radical (unpaired) electrons. The van der Waals surface area contributed by atoms with E-state index >= 15 is 0 Å². The van der Waals surface area contributed by atoms with Gasteiger partial charge in [-0.3, -0.25) is 0 Å². The first kappa shape index (κ1) is 11.9. The summed E-state index contributed by atoms with van der Waals surface area (Å²) in [5.74, 6) is 1.06. The first-order chi connectivity index (χ1) is 7.10. The molecule has 80 valence electrons. The van der Waals surface area contributed by atoms with Crippen molar-refractivity contribution in [1.82, 2.24) is 0 Å². The van der Waals surface area contributed by atoms with E-state index in [1.165, 1.54) is 0 Å². The molecular formula is C11H12BrNO2. The summed E-state index contributed by atoms with van der Waals surface area (Å²) in [6, 6.07) is 5.63. The molecule has 3 nitrogen and oxygen atoms in total. The van der Waals surface area contributed by atoms with Crippen LogP contribution in [0.15, 0.2) is 16.6 Å². The van der Waals surface area contributed by atoms with Gasteiger partial charge in [-0.15, -0.1) is 0 Å². The third-order valence-electron chi connectivity index (χ3n) is 1.76. The molecule has 0 aliphatic heterocycles. The summed E-state index contributed by atoms with van der Waals surface area (Å²) in [6.45, 7) is 3.81. The van der Waals surface area contributed by atoms with Crippen LogP contribution in [0.4, 0.5) is 0 Å². The molecule has 0 bridgehead atoms. The van der Waals surface area contributed by atoms with Gasteiger partial charge < -0.3 is 9.47 Å². The minimum atomic E-state index is 0.000278. The van der Waals surface area contributed by atoms with Crippen LogP contribution in [0.3, 0.4) is 0 Å². The van der Waals surface area contributed by atoms with Gasteiger partial charge in [0.2, 0.25) is 0 Å². The van der Waals surface area contributed by atoms with E-state index in [4.69, 9.17) is 14.7 Å². The van der Waals surface area contributed by atoms with Crippen LogP contribution in [0.1, 0.15) is 19.4 Å². The Hall–Kier alpha value is -1.21. The molecule has 0 N–H and O–H groups in total. The zero-order valence-electron chi connectivity index (χ0n) is 8.87. The molecule has 4 heteroatoms. The van der Waals surface area contributed by atoms with Gasteiger partial charge >= 0.3 is 0 Å². The Morgan fingerprint density at radius 2 is 2.07 bits per heavy atom. The molecule has 15 heavy (non-hydrogen) atoms. The molecule has 0 saturated heterocycles. The Kier molecular flexibility index (Phi) is 3.98. The van der Waals surface area contributed by atoms with Crippen molar-refractivity contribution in [3.8, 4) is 17.6 Å². The number of hydrogen-bond donors (Lipinski definition) is 0. The summed E-state index contributed by atoms with van der Waals surface area (Å²) in [4.78, 5) is 0. The van der Waals surface area contributed by atoms with Gasteiger partial charge in [-0.2, -0.15) is 5.26 Å². The third-order valence-corrected chi connectivity index (χ3v) is 2.42. The monoisotopic (exact) mass is 269 g/mol. The molecule has 0 aliphatic rings. The summed E-state index contributed by atoms with van der Waals surface area (Å²) in [6.07, 6.45) is 0.000278. The van der Waals surface area contributed by atoms with Gasteiger partial charge in [0.15, 0.2) is 11.5 Å². The predicted molar refractivity (Wildman–Crippen MR) is 61.2 cm³/mol. The fourth-order valence-electron chi connectivity index (χ4n) is 1.16. The Morgan fingerprint density at radius 1 is 1.40 bits per heavy atom. The number of hydrogen-bond acceptors (Lipinski definition) is 3. The van der Waals surface area contributed by atoms with E-state index in [9.17, 15) is 0 Å². The maximum Gasteiger partial charge on any atom is 0.180 e. The van der Waals surface area contributed by atoms with E-state index in [0.29, 0.717) is 21.5 Å². The molecule has 0 unspecified atom stereocenters. The molecular weight excluding hydrogens is 258 g/mol. The van der Waals surface area contributed by atoms with Crippen LogP contribution in [0, 0.1) is 11.3 Å². The molecule has 0 aliphatic carbocycles. The highest BCUT2D eigenvalue weighted by Gasteiger charge is 2.15. The summed E-state index contributed by atoms with van der Waals surface area (Å²) < 4.78 is 11.4. The molecule has 1 aromatic carbocycles. The first-order valence-corrected chi connectivity index (χ1v) is 5.32. The summed E-state index contributed by atoms with van der Waals surface area (Å²) in [5, 5.41) is 9.02. The normalized spacial score (nSPS) is 9.87. The van der Waals surface area contributed by atoms with Crippen LogP contribution < -0.4 is 9.47 Å². The lowest BCUT2D eigenvalue weighted by Crippen LogP contribution is -2.08. The highest BCUT2D eigenvalue weighted by atomic mass is 79.9. The van der Waals surface area contributed by atoms with Crippen molar-refractivity contribution in [3.63, 3.8) is 0 Å². The van der Waals surface area contributed by atoms with Crippen molar-refractivity contribution >= 4 is 15.9 Å². The van der Waals surface area contributed by atoms with E-state index in [0.717, 1.165) is 0 Å². The number of benzene rings is 1. The molecule has 0 fully saturated rings. The van der Waals surface area contributed by atoms with Crippen molar-refractivity contribution in [1.29, 1.82) is 5.26 Å². The van der Waals surface area contributed by atoms with Gasteiger partial charge in [-0.05, 0) is 41.9 Å². The second-order valence-corrected chi connectivity index (χ2v) is 4.09. The van der Waals surface area contributed by atoms with Crippen molar-refractivity contribution < 1.29 is 9.47 Å². The van der Waals surface area contributed by atoms with E-state index in [1.807, 2.05) is 13.8 Å². The van der Waals surface area contributed by atoms with Crippen molar-refractivity contribution in [2.75, 3.05) is 7.11 Å². The standard InChI is InChI=1S/C11H12BrNO2/c1-7(2)15-11-8(6-13)9(12)4-5-10(11)14-3/h4-5,7H,1-3H3. The van der Waals surface area contributed by atoms with Crippen LogP contribution in [0.5, 0.6) is 11.5 Å². The Bertz CT molecular complexity index is 396. The average Bonchev–Trinajstić information content (AvgIpc) is 2.18. The topological polar surface area (TPSA) is 42.2 Å². The largest absolute Gasteiger partial charge is 0.493 e. The smallest absolute Gasteiger partial charge is 0.180 e. The van der Waals surface area contributed by atoms with Crippen LogP contribution in [0.2, 0.25) is 0 Å². The average molecular weight is 270 g/mol. The molecule has 1 aromatic rings. The first-order valence-electron chi connectivity index (χ1n) is 4.53. The number of nitriles is 1. The van der Waals surface area contributed by atoms with Gasteiger partial charge in [0, 0.05) is 4.47 Å². The second-order valence-electron chi connectivity index (χ2n) is 3.23. The van der Waals surface area contributed by atoms with Gasteiger partial charge in [0.25, 0.3) is 0 Å². The van der Waals surface area contributed by atoms with Gasteiger partial charge in [0.1, 0.15) is 11.6 Å². The van der Waals surface area contributed by atoms with Crippen molar-refractivity contribution in [3.05, 3.63) is 22.2 Å². The van der Waals surface area contributed by atoms with E-state index < -0.39 is 0 Å². The number of ether oxygens (including phenoxy) is 2. The molecule has 0 saturated carbocycles. The zero-order valence-corrected chi connectivity index (χ0v) is 10.5. The van der Waals surface area contributed by atoms with Crippen LogP contribution in [-0.4, -0.2) is 13.2 Å². The summed E-state index contributed by atoms with van der Waals surface area (Å²) in [7, 11) is 1.55. The summed E-state index contributed by atoms with van der Waals surface area (Å²) >= 11 is 3.30. The molecule has 0 heterocycles. The number of nitrogens with zero attached hydrogens (tertiary/aromatic N) is 1. The molecule has 0 amide bonds.